The molecule has 4 nitrogen and oxygen atoms in total. The lowest BCUT2D eigenvalue weighted by molar-refractivity contribution is 0.117. The van der Waals surface area contributed by atoms with E-state index in [0.29, 0.717) is 24.9 Å². The van der Waals surface area contributed by atoms with Crippen molar-refractivity contribution in [2.75, 3.05) is 26.8 Å². The smallest absolute Gasteiger partial charge is 0.242 e. The molecule has 0 saturated heterocycles. The molecule has 1 fully saturated rings. The lowest BCUT2D eigenvalue weighted by Crippen LogP contribution is -2.30. The van der Waals surface area contributed by atoms with Gasteiger partial charge in [0.15, 0.2) is 0 Å². The first-order valence-electron chi connectivity index (χ1n) is 6.73. The van der Waals surface area contributed by atoms with Gasteiger partial charge in [-0.3, -0.25) is 0 Å². The molecular formula is C14H20ClNO3S. The van der Waals surface area contributed by atoms with Gasteiger partial charge in [0.1, 0.15) is 0 Å². The fourth-order valence-electron chi connectivity index (χ4n) is 1.78. The summed E-state index contributed by atoms with van der Waals surface area (Å²) >= 11 is 5.69. The summed E-state index contributed by atoms with van der Waals surface area (Å²) in [5.74, 6) is 1.07. The van der Waals surface area contributed by atoms with E-state index in [9.17, 15) is 8.42 Å². The van der Waals surface area contributed by atoms with E-state index in [-0.39, 0.29) is 4.90 Å². The van der Waals surface area contributed by atoms with Gasteiger partial charge in [0, 0.05) is 26.1 Å². The minimum Gasteiger partial charge on any atom is -0.380 e. The summed E-state index contributed by atoms with van der Waals surface area (Å²) in [5.41, 5.74) is 0.904. The molecular weight excluding hydrogens is 298 g/mol. The molecule has 1 saturated carbocycles. The molecule has 112 valence electrons. The third kappa shape index (κ3) is 4.19. The quantitative estimate of drug-likeness (QED) is 0.546. The van der Waals surface area contributed by atoms with Gasteiger partial charge in [0.05, 0.1) is 11.5 Å². The van der Waals surface area contributed by atoms with Crippen molar-refractivity contribution in [1.82, 2.24) is 4.31 Å². The van der Waals surface area contributed by atoms with E-state index in [4.69, 9.17) is 16.3 Å². The number of benzene rings is 1. The van der Waals surface area contributed by atoms with Crippen LogP contribution in [0.4, 0.5) is 0 Å². The van der Waals surface area contributed by atoms with Crippen LogP contribution in [0.15, 0.2) is 29.2 Å². The Balaban J connectivity index is 1.89. The van der Waals surface area contributed by atoms with Crippen molar-refractivity contribution in [3.05, 3.63) is 29.8 Å². The molecule has 0 spiro atoms. The summed E-state index contributed by atoms with van der Waals surface area (Å²) in [6, 6.07) is 6.65. The first-order chi connectivity index (χ1) is 9.54. The number of sulfonamides is 1. The Morgan fingerprint density at radius 2 is 1.95 bits per heavy atom. The maximum Gasteiger partial charge on any atom is 0.242 e. The molecule has 1 aromatic rings. The van der Waals surface area contributed by atoms with Crippen molar-refractivity contribution >= 4 is 21.6 Å². The summed E-state index contributed by atoms with van der Waals surface area (Å²) < 4.78 is 31.4. The fraction of sp³-hybridized carbons (Fsp3) is 0.571. The third-order valence-corrected chi connectivity index (χ3v) is 5.57. The summed E-state index contributed by atoms with van der Waals surface area (Å²) in [6.07, 6.45) is 2.47. The van der Waals surface area contributed by atoms with E-state index in [0.717, 1.165) is 12.2 Å². The average molecular weight is 318 g/mol. The molecule has 2 rings (SSSR count). The Hall–Kier alpha value is -0.620. The van der Waals surface area contributed by atoms with Crippen molar-refractivity contribution < 1.29 is 13.2 Å². The van der Waals surface area contributed by atoms with Crippen LogP contribution in [0, 0.1) is 5.92 Å². The van der Waals surface area contributed by atoms with Gasteiger partial charge in [-0.05, 0) is 36.5 Å². The zero-order valence-corrected chi connectivity index (χ0v) is 13.2. The average Bonchev–Trinajstić information content (AvgIpc) is 3.27. The molecule has 1 aliphatic carbocycles. The van der Waals surface area contributed by atoms with E-state index in [1.807, 2.05) is 0 Å². The van der Waals surface area contributed by atoms with Crippen LogP contribution < -0.4 is 0 Å². The first-order valence-corrected chi connectivity index (χ1v) is 8.70. The lowest BCUT2D eigenvalue weighted by Gasteiger charge is -2.17. The molecule has 1 aliphatic rings. The van der Waals surface area contributed by atoms with Crippen molar-refractivity contribution in [2.45, 2.75) is 23.6 Å². The molecule has 20 heavy (non-hydrogen) atoms. The second-order valence-corrected chi connectivity index (χ2v) is 7.43. The van der Waals surface area contributed by atoms with Crippen molar-refractivity contribution in [1.29, 1.82) is 0 Å². The molecule has 0 atom stereocenters. The molecule has 0 aromatic heterocycles. The number of alkyl halides is 1. The first kappa shape index (κ1) is 15.8. The maximum atomic E-state index is 12.3. The zero-order chi connectivity index (χ0) is 14.6. The maximum absolute atomic E-state index is 12.3. The molecule has 0 heterocycles. The summed E-state index contributed by atoms with van der Waals surface area (Å²) in [5, 5.41) is 0. The minimum absolute atomic E-state index is 0.288. The molecule has 0 N–H and O–H groups in total. The Morgan fingerprint density at radius 1 is 1.30 bits per heavy atom. The second kappa shape index (κ2) is 6.89. The van der Waals surface area contributed by atoms with Gasteiger partial charge in [-0.15, -0.1) is 11.6 Å². The van der Waals surface area contributed by atoms with Gasteiger partial charge in [-0.2, -0.15) is 4.31 Å². The van der Waals surface area contributed by atoms with Crippen molar-refractivity contribution in [3.63, 3.8) is 0 Å². The van der Waals surface area contributed by atoms with Crippen LogP contribution in [0.2, 0.25) is 0 Å². The normalized spacial score (nSPS) is 15.8. The van der Waals surface area contributed by atoms with Crippen LogP contribution >= 0.6 is 11.6 Å². The van der Waals surface area contributed by atoms with E-state index in [2.05, 4.69) is 0 Å². The Labute approximate surface area is 125 Å². The van der Waals surface area contributed by atoms with E-state index in [1.54, 1.807) is 31.3 Å². The number of rotatable bonds is 8. The van der Waals surface area contributed by atoms with Gasteiger partial charge in [0.25, 0.3) is 0 Å². The number of ether oxygens (including phenoxy) is 1. The molecule has 0 unspecified atom stereocenters. The fourth-order valence-corrected chi connectivity index (χ4v) is 3.11. The molecule has 0 bridgehead atoms. The zero-order valence-electron chi connectivity index (χ0n) is 11.6. The van der Waals surface area contributed by atoms with E-state index < -0.39 is 10.0 Å². The van der Waals surface area contributed by atoms with Gasteiger partial charge in [0.2, 0.25) is 10.0 Å². The number of likely N-dealkylation sites (N-methyl/N-ethyl adjacent to an activating group) is 1. The highest BCUT2D eigenvalue weighted by molar-refractivity contribution is 7.89. The summed E-state index contributed by atoms with van der Waals surface area (Å²) in [6.45, 7) is 1.55. The highest BCUT2D eigenvalue weighted by Crippen LogP contribution is 2.28. The van der Waals surface area contributed by atoms with Crippen LogP contribution in [0.1, 0.15) is 18.4 Å². The molecule has 0 aliphatic heterocycles. The van der Waals surface area contributed by atoms with Gasteiger partial charge in [-0.25, -0.2) is 8.42 Å². The topological polar surface area (TPSA) is 46.6 Å². The highest BCUT2D eigenvalue weighted by Gasteiger charge is 2.22. The Morgan fingerprint density at radius 3 is 2.50 bits per heavy atom. The van der Waals surface area contributed by atoms with Gasteiger partial charge >= 0.3 is 0 Å². The Bertz CT molecular complexity index is 526. The number of hydrogen-bond acceptors (Lipinski definition) is 3. The molecule has 0 amide bonds. The Kier molecular flexibility index (Phi) is 5.43. The van der Waals surface area contributed by atoms with Crippen molar-refractivity contribution in [3.8, 4) is 0 Å². The van der Waals surface area contributed by atoms with Crippen LogP contribution in [0.3, 0.4) is 0 Å². The lowest BCUT2D eigenvalue weighted by atomic mass is 10.2. The largest absolute Gasteiger partial charge is 0.380 e. The monoisotopic (exact) mass is 317 g/mol. The molecule has 1 aromatic carbocycles. The van der Waals surface area contributed by atoms with E-state index >= 15 is 0 Å². The van der Waals surface area contributed by atoms with E-state index in [1.165, 1.54) is 17.1 Å². The molecule has 6 heteroatoms. The van der Waals surface area contributed by atoms with Crippen LogP contribution in [-0.2, 0) is 20.6 Å². The number of hydrogen-bond donors (Lipinski definition) is 0. The predicted molar refractivity (Wildman–Crippen MR) is 79.4 cm³/mol. The SMILES string of the molecule is CN(CCOCC1CC1)S(=O)(=O)c1ccc(CCl)cc1. The van der Waals surface area contributed by atoms with Crippen LogP contribution in [0.25, 0.3) is 0 Å². The second-order valence-electron chi connectivity index (χ2n) is 5.12. The summed E-state index contributed by atoms with van der Waals surface area (Å²) in [7, 11) is -1.86. The molecule has 0 radical (unpaired) electrons. The number of halogens is 1. The van der Waals surface area contributed by atoms with Crippen LogP contribution in [-0.4, -0.2) is 39.5 Å². The predicted octanol–water partition coefficient (Wildman–Crippen LogP) is 2.47. The summed E-state index contributed by atoms with van der Waals surface area (Å²) in [4.78, 5) is 0.288. The highest BCUT2D eigenvalue weighted by atomic mass is 35.5. The number of nitrogens with zero attached hydrogens (tertiary/aromatic N) is 1. The minimum atomic E-state index is -3.44. The van der Waals surface area contributed by atoms with Gasteiger partial charge < -0.3 is 4.74 Å². The standard InChI is InChI=1S/C14H20ClNO3S/c1-16(8-9-19-11-13-2-3-13)20(17,18)14-6-4-12(10-15)5-7-14/h4-7,13H,2-3,8-11H2,1H3. The van der Waals surface area contributed by atoms with Crippen LogP contribution in [0.5, 0.6) is 0 Å². The van der Waals surface area contributed by atoms with Crippen molar-refractivity contribution in [2.24, 2.45) is 5.92 Å². The third-order valence-electron chi connectivity index (χ3n) is 3.39. The van der Waals surface area contributed by atoms with Gasteiger partial charge in [-0.1, -0.05) is 12.1 Å².